The second-order valence-corrected chi connectivity index (χ2v) is 2.79. The van der Waals surface area contributed by atoms with Crippen molar-refractivity contribution in [1.29, 1.82) is 0 Å². The zero-order valence-electron chi connectivity index (χ0n) is 7.39. The maximum Gasteiger partial charge on any atom is 0.259 e. The van der Waals surface area contributed by atoms with E-state index >= 15 is 0 Å². The molecule has 0 unspecified atom stereocenters. The maximum atomic E-state index is 4.96. The first-order chi connectivity index (χ1) is 5.11. The van der Waals surface area contributed by atoms with Crippen LogP contribution in [0, 0.1) is 0 Å². The van der Waals surface area contributed by atoms with Gasteiger partial charge >= 0.3 is 0 Å². The molecule has 0 heterocycles. The van der Waals surface area contributed by atoms with Crippen LogP contribution in [0.15, 0.2) is 12.2 Å². The van der Waals surface area contributed by atoms with Gasteiger partial charge in [-0.2, -0.15) is 0 Å². The number of hydrogen-bond acceptors (Lipinski definition) is 2. The summed E-state index contributed by atoms with van der Waals surface area (Å²) in [5.41, 5.74) is 1.09. The Hall–Kier alpha value is -0.570. The topological polar surface area (TPSA) is 12.5 Å². The average Bonchev–Trinajstić information content (AvgIpc) is 1.98. The molecule has 0 rings (SSSR count). The normalized spacial score (nSPS) is 9.00. The summed E-state index contributed by atoms with van der Waals surface area (Å²) in [5.74, 6) is 0. The minimum atomic E-state index is 0.538. The fraction of sp³-hybridized carbons (Fsp3) is 0.625. The lowest BCUT2D eigenvalue weighted by Gasteiger charge is -2.21. The fourth-order valence-corrected chi connectivity index (χ4v) is 0.954. The van der Waals surface area contributed by atoms with Gasteiger partial charge in [0.15, 0.2) is 0 Å². The predicted octanol–water partition coefficient (Wildman–Crippen LogP) is 1.82. The highest BCUT2D eigenvalue weighted by atomic mass is 32.1. The van der Waals surface area contributed by atoms with Crippen molar-refractivity contribution >= 4 is 17.4 Å². The van der Waals surface area contributed by atoms with E-state index in [9.17, 15) is 0 Å². The minimum absolute atomic E-state index is 0.538. The van der Waals surface area contributed by atoms with E-state index in [-0.39, 0.29) is 0 Å². The molecule has 0 atom stereocenters. The molecular weight excluding hydrogens is 158 g/mol. The summed E-state index contributed by atoms with van der Waals surface area (Å²) in [6, 6.07) is 0. The molecular formula is C8H15NOS. The molecule has 0 saturated heterocycles. The summed E-state index contributed by atoms with van der Waals surface area (Å²) in [6.07, 6.45) is 0. The van der Waals surface area contributed by atoms with Crippen LogP contribution >= 0.6 is 12.2 Å². The second-order valence-electron chi connectivity index (χ2n) is 2.44. The summed E-state index contributed by atoms with van der Waals surface area (Å²) < 4.78 is 4.92. The molecule has 0 aromatic carbocycles. The van der Waals surface area contributed by atoms with Crippen LogP contribution in [0.4, 0.5) is 0 Å². The van der Waals surface area contributed by atoms with Crippen molar-refractivity contribution in [3.63, 3.8) is 0 Å². The zero-order valence-corrected chi connectivity index (χ0v) is 8.20. The average molecular weight is 173 g/mol. The van der Waals surface area contributed by atoms with E-state index in [2.05, 4.69) is 6.58 Å². The standard InChI is InChI=1S/C8H15NOS/c1-5-9(6-7(2)3)8(11)10-4/h2,5-6H2,1,3-4H3. The van der Waals surface area contributed by atoms with Gasteiger partial charge < -0.3 is 9.64 Å². The number of methoxy groups -OCH3 is 1. The molecule has 11 heavy (non-hydrogen) atoms. The Kier molecular flexibility index (Phi) is 4.86. The molecule has 3 heteroatoms. The van der Waals surface area contributed by atoms with Gasteiger partial charge in [-0.3, -0.25) is 0 Å². The third-order valence-corrected chi connectivity index (χ3v) is 1.70. The summed E-state index contributed by atoms with van der Waals surface area (Å²) >= 11 is 4.96. The summed E-state index contributed by atoms with van der Waals surface area (Å²) in [6.45, 7) is 9.45. The number of thiocarbonyl (C=S) groups is 1. The van der Waals surface area contributed by atoms with E-state index in [1.165, 1.54) is 0 Å². The van der Waals surface area contributed by atoms with Crippen molar-refractivity contribution in [2.45, 2.75) is 13.8 Å². The minimum Gasteiger partial charge on any atom is -0.474 e. The molecule has 0 saturated carbocycles. The van der Waals surface area contributed by atoms with Gasteiger partial charge in [-0.1, -0.05) is 12.2 Å². The lowest BCUT2D eigenvalue weighted by atomic mass is 10.3. The molecule has 0 aliphatic heterocycles. The first kappa shape index (κ1) is 10.4. The fourth-order valence-electron chi connectivity index (χ4n) is 0.760. The van der Waals surface area contributed by atoms with E-state index in [0.29, 0.717) is 5.17 Å². The van der Waals surface area contributed by atoms with Gasteiger partial charge in [-0.25, -0.2) is 0 Å². The van der Waals surface area contributed by atoms with Crippen molar-refractivity contribution in [2.75, 3.05) is 20.2 Å². The van der Waals surface area contributed by atoms with E-state index in [1.807, 2.05) is 18.7 Å². The van der Waals surface area contributed by atoms with E-state index in [1.54, 1.807) is 7.11 Å². The third-order valence-electron chi connectivity index (χ3n) is 1.28. The number of ether oxygens (including phenoxy) is 1. The van der Waals surface area contributed by atoms with Crippen LogP contribution in [0.3, 0.4) is 0 Å². The number of nitrogens with zero attached hydrogens (tertiary/aromatic N) is 1. The van der Waals surface area contributed by atoms with E-state index in [0.717, 1.165) is 18.7 Å². The van der Waals surface area contributed by atoms with Crippen LogP contribution in [-0.2, 0) is 4.74 Å². The number of hydrogen-bond donors (Lipinski definition) is 0. The molecule has 0 aliphatic carbocycles. The Morgan fingerprint density at radius 1 is 1.64 bits per heavy atom. The second kappa shape index (κ2) is 5.13. The third kappa shape index (κ3) is 3.98. The van der Waals surface area contributed by atoms with Crippen molar-refractivity contribution in [2.24, 2.45) is 0 Å². The van der Waals surface area contributed by atoms with Gasteiger partial charge in [0.25, 0.3) is 5.17 Å². The molecule has 64 valence electrons. The summed E-state index contributed by atoms with van der Waals surface area (Å²) in [5, 5.41) is 0.538. The van der Waals surface area contributed by atoms with Crippen LogP contribution < -0.4 is 0 Å². The van der Waals surface area contributed by atoms with Crippen molar-refractivity contribution in [1.82, 2.24) is 4.90 Å². The largest absolute Gasteiger partial charge is 0.474 e. The van der Waals surface area contributed by atoms with Crippen LogP contribution in [0.5, 0.6) is 0 Å². The van der Waals surface area contributed by atoms with Crippen LogP contribution in [0.1, 0.15) is 13.8 Å². The highest BCUT2D eigenvalue weighted by molar-refractivity contribution is 7.80. The SMILES string of the molecule is C=C(C)CN(CC)C(=S)OC. The quantitative estimate of drug-likeness (QED) is 0.477. The lowest BCUT2D eigenvalue weighted by molar-refractivity contribution is 0.313. The monoisotopic (exact) mass is 173 g/mol. The van der Waals surface area contributed by atoms with Gasteiger partial charge in [-0.05, 0) is 26.1 Å². The van der Waals surface area contributed by atoms with Crippen LogP contribution in [-0.4, -0.2) is 30.3 Å². The summed E-state index contributed by atoms with van der Waals surface area (Å²) in [4.78, 5) is 1.96. The highest BCUT2D eigenvalue weighted by Crippen LogP contribution is 1.97. The molecule has 0 radical (unpaired) electrons. The predicted molar refractivity (Wildman–Crippen MR) is 51.7 cm³/mol. The lowest BCUT2D eigenvalue weighted by Crippen LogP contribution is -2.31. The molecule has 0 aromatic rings. The zero-order chi connectivity index (χ0) is 8.85. The maximum absolute atomic E-state index is 4.96. The Balaban J connectivity index is 3.94. The van der Waals surface area contributed by atoms with Crippen molar-refractivity contribution < 1.29 is 4.74 Å². The van der Waals surface area contributed by atoms with Crippen molar-refractivity contribution in [3.8, 4) is 0 Å². The smallest absolute Gasteiger partial charge is 0.259 e. The molecule has 0 amide bonds. The molecule has 2 nitrogen and oxygen atoms in total. The summed E-state index contributed by atoms with van der Waals surface area (Å²) in [7, 11) is 1.59. The van der Waals surface area contributed by atoms with E-state index in [4.69, 9.17) is 17.0 Å². The van der Waals surface area contributed by atoms with E-state index < -0.39 is 0 Å². The molecule has 0 fully saturated rings. The van der Waals surface area contributed by atoms with Crippen LogP contribution in [0.2, 0.25) is 0 Å². The van der Waals surface area contributed by atoms with Gasteiger partial charge in [-0.15, -0.1) is 0 Å². The van der Waals surface area contributed by atoms with Gasteiger partial charge in [0.1, 0.15) is 0 Å². The molecule has 0 aliphatic rings. The van der Waals surface area contributed by atoms with Crippen LogP contribution in [0.25, 0.3) is 0 Å². The van der Waals surface area contributed by atoms with Gasteiger partial charge in [0, 0.05) is 13.1 Å². The molecule has 0 bridgehead atoms. The van der Waals surface area contributed by atoms with Gasteiger partial charge in [0.05, 0.1) is 7.11 Å². The Bertz CT molecular complexity index is 156. The Labute approximate surface area is 73.8 Å². The Morgan fingerprint density at radius 3 is 2.45 bits per heavy atom. The highest BCUT2D eigenvalue weighted by Gasteiger charge is 2.05. The molecule has 0 aromatic heterocycles. The Morgan fingerprint density at radius 2 is 2.18 bits per heavy atom. The first-order valence-corrected chi connectivity index (χ1v) is 4.00. The van der Waals surface area contributed by atoms with Crippen molar-refractivity contribution in [3.05, 3.63) is 12.2 Å². The number of likely N-dealkylation sites (N-methyl/N-ethyl adjacent to an activating group) is 1. The van der Waals surface area contributed by atoms with Gasteiger partial charge in [0.2, 0.25) is 0 Å². The first-order valence-electron chi connectivity index (χ1n) is 3.59. The number of rotatable bonds is 3. The molecule has 0 spiro atoms. The molecule has 0 N–H and O–H groups in total.